The molecule has 2 aromatic rings. The number of hydrogen-bond donors (Lipinski definition) is 1. The van der Waals surface area contributed by atoms with Gasteiger partial charge in [0.15, 0.2) is 11.5 Å². The lowest BCUT2D eigenvalue weighted by Gasteiger charge is -2.16. The smallest absolute Gasteiger partial charge is 0.231 e. The van der Waals surface area contributed by atoms with Crippen LogP contribution in [-0.2, 0) is 11.3 Å². The van der Waals surface area contributed by atoms with E-state index in [1.165, 1.54) is 0 Å². The summed E-state index contributed by atoms with van der Waals surface area (Å²) in [6.45, 7) is 1.20. The molecule has 3 rings (SSSR count). The molecule has 1 unspecified atom stereocenters. The highest BCUT2D eigenvalue weighted by Crippen LogP contribution is 2.33. The molecular formula is C16H16BrNO3. The van der Waals surface area contributed by atoms with Crippen molar-refractivity contribution in [1.29, 1.82) is 0 Å². The molecule has 21 heavy (non-hydrogen) atoms. The minimum Gasteiger partial charge on any atom is -0.454 e. The monoisotopic (exact) mass is 349 g/mol. The Labute approximate surface area is 131 Å². The van der Waals surface area contributed by atoms with Crippen LogP contribution in [0.25, 0.3) is 0 Å². The van der Waals surface area contributed by atoms with Crippen molar-refractivity contribution in [2.75, 3.05) is 13.3 Å². The molecule has 0 aliphatic carbocycles. The van der Waals surface area contributed by atoms with E-state index < -0.39 is 0 Å². The van der Waals surface area contributed by atoms with Crippen LogP contribution in [0.15, 0.2) is 46.9 Å². The van der Waals surface area contributed by atoms with E-state index in [0.29, 0.717) is 13.2 Å². The first-order chi connectivity index (χ1) is 10.3. The summed E-state index contributed by atoms with van der Waals surface area (Å²) in [4.78, 5) is 0. The van der Waals surface area contributed by atoms with Gasteiger partial charge in [-0.25, -0.2) is 0 Å². The summed E-state index contributed by atoms with van der Waals surface area (Å²) < 4.78 is 17.6. The maximum absolute atomic E-state index is 5.93. The van der Waals surface area contributed by atoms with Gasteiger partial charge in [0.25, 0.3) is 0 Å². The lowest BCUT2D eigenvalue weighted by Crippen LogP contribution is -2.15. The Balaban J connectivity index is 1.66. The van der Waals surface area contributed by atoms with E-state index in [2.05, 4.69) is 15.9 Å². The van der Waals surface area contributed by atoms with Crippen LogP contribution in [0.3, 0.4) is 0 Å². The molecule has 1 aliphatic heterocycles. The third-order valence-corrected chi connectivity index (χ3v) is 3.87. The number of nitrogens with two attached hydrogens (primary N) is 1. The summed E-state index contributed by atoms with van der Waals surface area (Å²) in [6, 6.07) is 13.8. The van der Waals surface area contributed by atoms with E-state index in [1.54, 1.807) is 0 Å². The van der Waals surface area contributed by atoms with Crippen LogP contribution >= 0.6 is 15.9 Å². The molecule has 110 valence electrons. The molecule has 0 saturated carbocycles. The van der Waals surface area contributed by atoms with Crippen molar-refractivity contribution in [1.82, 2.24) is 0 Å². The van der Waals surface area contributed by atoms with E-state index in [-0.39, 0.29) is 12.9 Å². The average molecular weight is 350 g/mol. The topological polar surface area (TPSA) is 53.7 Å². The van der Waals surface area contributed by atoms with E-state index in [9.17, 15) is 0 Å². The molecule has 4 nitrogen and oxygen atoms in total. The van der Waals surface area contributed by atoms with Gasteiger partial charge in [-0.15, -0.1) is 0 Å². The lowest BCUT2D eigenvalue weighted by molar-refractivity contribution is 0.0455. The van der Waals surface area contributed by atoms with Gasteiger partial charge in [0.2, 0.25) is 6.79 Å². The molecule has 1 aliphatic rings. The number of ether oxygens (including phenoxy) is 3. The molecular weight excluding hydrogens is 334 g/mol. The molecule has 2 N–H and O–H groups in total. The Kier molecular flexibility index (Phi) is 4.43. The fourth-order valence-corrected chi connectivity index (χ4v) is 2.47. The number of benzene rings is 2. The Bertz CT molecular complexity index is 615. The first kappa shape index (κ1) is 14.4. The molecule has 5 heteroatoms. The van der Waals surface area contributed by atoms with Gasteiger partial charge in [0, 0.05) is 11.0 Å². The van der Waals surface area contributed by atoms with Gasteiger partial charge < -0.3 is 19.9 Å². The minimum atomic E-state index is -0.122. The van der Waals surface area contributed by atoms with E-state index >= 15 is 0 Å². The van der Waals surface area contributed by atoms with Crippen LogP contribution in [0.5, 0.6) is 11.5 Å². The zero-order chi connectivity index (χ0) is 14.7. The Morgan fingerprint density at radius 2 is 1.86 bits per heavy atom. The third-order valence-electron chi connectivity index (χ3n) is 3.34. The third kappa shape index (κ3) is 3.37. The number of halogens is 1. The van der Waals surface area contributed by atoms with Gasteiger partial charge in [-0.2, -0.15) is 0 Å². The van der Waals surface area contributed by atoms with Crippen LogP contribution in [0, 0.1) is 0 Å². The second-order valence-corrected chi connectivity index (χ2v) is 5.69. The lowest BCUT2D eigenvalue weighted by atomic mass is 10.1. The van der Waals surface area contributed by atoms with E-state index in [0.717, 1.165) is 27.1 Å². The van der Waals surface area contributed by atoms with Crippen molar-refractivity contribution in [2.45, 2.75) is 12.7 Å². The second-order valence-electron chi connectivity index (χ2n) is 4.77. The van der Waals surface area contributed by atoms with Crippen molar-refractivity contribution in [3.8, 4) is 11.5 Å². The fraction of sp³-hybridized carbons (Fsp3) is 0.250. The van der Waals surface area contributed by atoms with Gasteiger partial charge in [-0.05, 0) is 35.4 Å². The van der Waals surface area contributed by atoms with Crippen LogP contribution in [0.1, 0.15) is 17.2 Å². The van der Waals surface area contributed by atoms with Gasteiger partial charge in [-0.3, -0.25) is 0 Å². The number of hydrogen-bond acceptors (Lipinski definition) is 4. The zero-order valence-electron chi connectivity index (χ0n) is 11.4. The quantitative estimate of drug-likeness (QED) is 0.898. The molecule has 2 aromatic carbocycles. The van der Waals surface area contributed by atoms with Crippen LogP contribution < -0.4 is 15.2 Å². The highest BCUT2D eigenvalue weighted by atomic mass is 79.9. The predicted molar refractivity (Wildman–Crippen MR) is 83.3 cm³/mol. The Hall–Kier alpha value is -1.56. The van der Waals surface area contributed by atoms with Gasteiger partial charge in [-0.1, -0.05) is 34.1 Å². The Morgan fingerprint density at radius 1 is 1.10 bits per heavy atom. The molecule has 1 heterocycles. The number of fused-ring (bicyclic) bond motifs is 1. The molecule has 0 bridgehead atoms. The van der Waals surface area contributed by atoms with E-state index in [1.807, 2.05) is 42.5 Å². The first-order valence-corrected chi connectivity index (χ1v) is 7.51. The SMILES string of the molecule is NCC(OCc1ccc2c(c1)OCO2)c1ccc(Br)cc1. The van der Waals surface area contributed by atoms with E-state index in [4.69, 9.17) is 19.9 Å². The van der Waals surface area contributed by atoms with Crippen LogP contribution in [0.2, 0.25) is 0 Å². The van der Waals surface area contributed by atoms with Crippen molar-refractivity contribution < 1.29 is 14.2 Å². The van der Waals surface area contributed by atoms with Crippen molar-refractivity contribution >= 4 is 15.9 Å². The molecule has 0 amide bonds. The van der Waals surface area contributed by atoms with Gasteiger partial charge >= 0.3 is 0 Å². The normalized spacial score (nSPS) is 14.2. The summed E-state index contributed by atoms with van der Waals surface area (Å²) >= 11 is 3.42. The maximum atomic E-state index is 5.93. The highest BCUT2D eigenvalue weighted by Gasteiger charge is 2.15. The van der Waals surface area contributed by atoms with Crippen LogP contribution in [0.4, 0.5) is 0 Å². The summed E-state index contributed by atoms with van der Waals surface area (Å²) in [5, 5.41) is 0. The first-order valence-electron chi connectivity index (χ1n) is 6.72. The molecule has 0 radical (unpaired) electrons. The average Bonchev–Trinajstić information content (AvgIpc) is 2.97. The molecule has 0 aromatic heterocycles. The van der Waals surface area contributed by atoms with Crippen molar-refractivity contribution in [3.05, 3.63) is 58.1 Å². The van der Waals surface area contributed by atoms with Crippen molar-refractivity contribution in [2.24, 2.45) is 5.73 Å². The van der Waals surface area contributed by atoms with Crippen molar-refractivity contribution in [3.63, 3.8) is 0 Å². The zero-order valence-corrected chi connectivity index (χ0v) is 13.0. The number of rotatable bonds is 5. The summed E-state index contributed by atoms with van der Waals surface area (Å²) in [7, 11) is 0. The standard InChI is InChI=1S/C16H16BrNO3/c17-13-4-2-12(3-5-13)16(8-18)19-9-11-1-6-14-15(7-11)21-10-20-14/h1-7,16H,8-10,18H2. The minimum absolute atomic E-state index is 0.122. The fourth-order valence-electron chi connectivity index (χ4n) is 2.21. The van der Waals surface area contributed by atoms with Gasteiger partial charge in [0.1, 0.15) is 0 Å². The predicted octanol–water partition coefficient (Wildman–Crippen LogP) is 3.39. The molecule has 1 atom stereocenters. The summed E-state index contributed by atoms with van der Waals surface area (Å²) in [6.07, 6.45) is -0.122. The van der Waals surface area contributed by atoms with Crippen LogP contribution in [-0.4, -0.2) is 13.3 Å². The summed E-state index contributed by atoms with van der Waals surface area (Å²) in [5.41, 5.74) is 7.92. The highest BCUT2D eigenvalue weighted by molar-refractivity contribution is 9.10. The molecule has 0 spiro atoms. The molecule has 0 saturated heterocycles. The maximum Gasteiger partial charge on any atom is 0.231 e. The largest absolute Gasteiger partial charge is 0.454 e. The Morgan fingerprint density at radius 3 is 2.62 bits per heavy atom. The van der Waals surface area contributed by atoms with Gasteiger partial charge in [0.05, 0.1) is 12.7 Å². The second kappa shape index (κ2) is 6.47. The summed E-state index contributed by atoms with van der Waals surface area (Å²) in [5.74, 6) is 1.55. The molecule has 0 fully saturated rings.